The van der Waals surface area contributed by atoms with Crippen LogP contribution < -0.4 is 5.32 Å². The maximum atomic E-state index is 12.3. The predicted molar refractivity (Wildman–Crippen MR) is 176 cm³/mol. The van der Waals surface area contributed by atoms with Gasteiger partial charge in [-0.25, -0.2) is 0 Å². The Labute approximate surface area is 253 Å². The van der Waals surface area contributed by atoms with E-state index in [0.29, 0.717) is 6.42 Å². The number of amides is 1. The summed E-state index contributed by atoms with van der Waals surface area (Å²) >= 11 is 0. The van der Waals surface area contributed by atoms with Crippen LogP contribution in [0, 0.1) is 0 Å². The second-order valence-electron chi connectivity index (χ2n) is 11.4. The van der Waals surface area contributed by atoms with Gasteiger partial charge in [-0.2, -0.15) is 0 Å². The maximum absolute atomic E-state index is 12.3. The Morgan fingerprint density at radius 2 is 1.07 bits per heavy atom. The van der Waals surface area contributed by atoms with E-state index in [-0.39, 0.29) is 6.61 Å². The molecule has 0 spiro atoms. The van der Waals surface area contributed by atoms with Crippen LogP contribution in [0.3, 0.4) is 0 Å². The van der Waals surface area contributed by atoms with Crippen molar-refractivity contribution in [2.45, 2.75) is 167 Å². The highest BCUT2D eigenvalue weighted by atomic mass is 16.3. The molecule has 0 bridgehead atoms. The Morgan fingerprint density at radius 1 is 0.610 bits per heavy atom. The molecule has 0 aliphatic carbocycles. The van der Waals surface area contributed by atoms with E-state index in [1.165, 1.54) is 89.9 Å². The molecule has 3 unspecified atom stereocenters. The van der Waals surface area contributed by atoms with Gasteiger partial charge in [0.2, 0.25) is 5.91 Å². The van der Waals surface area contributed by atoms with Crippen LogP contribution in [0.5, 0.6) is 0 Å². The van der Waals surface area contributed by atoms with Crippen molar-refractivity contribution >= 4 is 5.91 Å². The number of rotatable bonds is 29. The quantitative estimate of drug-likeness (QED) is 0.0408. The first-order valence-electron chi connectivity index (χ1n) is 17.0. The van der Waals surface area contributed by atoms with Crippen molar-refractivity contribution in [1.29, 1.82) is 0 Å². The highest BCUT2D eigenvalue weighted by Crippen LogP contribution is 2.13. The molecular weight excluding hydrogens is 510 g/mol. The van der Waals surface area contributed by atoms with Crippen LogP contribution in [-0.4, -0.2) is 46.1 Å². The van der Waals surface area contributed by atoms with Gasteiger partial charge in [-0.05, 0) is 57.8 Å². The lowest BCUT2D eigenvalue weighted by atomic mass is 10.0. The molecule has 0 aliphatic rings. The molecule has 0 saturated heterocycles. The SMILES string of the molecule is CCCCC/C=C\C=C/CCCCCCCCCCCC(O)C(=O)NC(CO)C(O)/C=C/CC/C=C/CCCCC. The summed E-state index contributed by atoms with van der Waals surface area (Å²) in [6, 6.07) is -0.814. The molecule has 0 rings (SSSR count). The van der Waals surface area contributed by atoms with E-state index in [4.69, 9.17) is 0 Å². The molecule has 0 aromatic rings. The summed E-state index contributed by atoms with van der Waals surface area (Å²) < 4.78 is 0. The Hall–Kier alpha value is -1.69. The fourth-order valence-electron chi connectivity index (χ4n) is 4.66. The molecule has 238 valence electrons. The number of allylic oxidation sites excluding steroid dienone is 7. The van der Waals surface area contributed by atoms with Gasteiger partial charge in [0.1, 0.15) is 6.10 Å². The summed E-state index contributed by atoms with van der Waals surface area (Å²) in [6.45, 7) is 4.05. The molecule has 3 atom stereocenters. The number of hydrogen-bond acceptors (Lipinski definition) is 4. The molecule has 1 amide bonds. The zero-order chi connectivity index (χ0) is 30.2. The van der Waals surface area contributed by atoms with Gasteiger partial charge in [-0.1, -0.05) is 140 Å². The smallest absolute Gasteiger partial charge is 0.249 e. The van der Waals surface area contributed by atoms with Gasteiger partial charge in [0.25, 0.3) is 0 Å². The van der Waals surface area contributed by atoms with Gasteiger partial charge in [-0.3, -0.25) is 4.79 Å². The lowest BCUT2D eigenvalue weighted by Crippen LogP contribution is -2.48. The molecular formula is C36H65NO4. The van der Waals surface area contributed by atoms with Gasteiger partial charge in [-0.15, -0.1) is 0 Å². The maximum Gasteiger partial charge on any atom is 0.249 e. The summed E-state index contributed by atoms with van der Waals surface area (Å²) in [4.78, 5) is 12.3. The molecule has 0 fully saturated rings. The lowest BCUT2D eigenvalue weighted by Gasteiger charge is -2.21. The minimum atomic E-state index is -1.11. The second kappa shape index (κ2) is 31.3. The van der Waals surface area contributed by atoms with Crippen LogP contribution in [0.2, 0.25) is 0 Å². The standard InChI is InChI=1S/C36H65NO4/c1-3-5-7-9-11-13-14-15-16-17-18-19-20-21-23-25-27-29-31-35(40)36(41)37-33(32-38)34(39)30-28-26-24-22-12-10-8-6-4-2/h11-15,22,28,30,33-35,38-40H,3-10,16-21,23-27,29,31-32H2,1-2H3,(H,37,41)/b13-11-,15-14-,22-12+,30-28+. The number of carbonyl (C=O) groups is 1. The Kier molecular flexibility index (Phi) is 30.0. The second-order valence-corrected chi connectivity index (χ2v) is 11.4. The largest absolute Gasteiger partial charge is 0.394 e. The van der Waals surface area contributed by atoms with Gasteiger partial charge < -0.3 is 20.6 Å². The van der Waals surface area contributed by atoms with Crippen molar-refractivity contribution in [2.24, 2.45) is 0 Å². The Morgan fingerprint density at radius 3 is 1.63 bits per heavy atom. The third-order valence-corrected chi connectivity index (χ3v) is 7.42. The van der Waals surface area contributed by atoms with Crippen molar-refractivity contribution < 1.29 is 20.1 Å². The van der Waals surface area contributed by atoms with E-state index in [0.717, 1.165) is 38.5 Å². The van der Waals surface area contributed by atoms with Crippen LogP contribution in [0.15, 0.2) is 48.6 Å². The fourth-order valence-corrected chi connectivity index (χ4v) is 4.66. The molecule has 41 heavy (non-hydrogen) atoms. The topological polar surface area (TPSA) is 89.8 Å². The number of hydrogen-bond donors (Lipinski definition) is 4. The highest BCUT2D eigenvalue weighted by Gasteiger charge is 2.22. The van der Waals surface area contributed by atoms with Crippen LogP contribution in [0.1, 0.15) is 149 Å². The molecule has 4 N–H and O–H groups in total. The monoisotopic (exact) mass is 575 g/mol. The predicted octanol–water partition coefficient (Wildman–Crippen LogP) is 8.64. The van der Waals surface area contributed by atoms with E-state index in [9.17, 15) is 20.1 Å². The first-order chi connectivity index (χ1) is 20.1. The zero-order valence-electron chi connectivity index (χ0n) is 26.7. The Balaban J connectivity index is 3.78. The van der Waals surface area contributed by atoms with Crippen molar-refractivity contribution in [2.75, 3.05) is 6.61 Å². The lowest BCUT2D eigenvalue weighted by molar-refractivity contribution is -0.131. The van der Waals surface area contributed by atoms with Crippen LogP contribution in [0.4, 0.5) is 0 Å². The molecule has 5 nitrogen and oxygen atoms in total. The third-order valence-electron chi connectivity index (χ3n) is 7.42. The highest BCUT2D eigenvalue weighted by molar-refractivity contribution is 5.80. The number of carbonyl (C=O) groups excluding carboxylic acids is 1. The third kappa shape index (κ3) is 26.9. The van der Waals surface area contributed by atoms with E-state index >= 15 is 0 Å². The van der Waals surface area contributed by atoms with Crippen molar-refractivity contribution in [3.05, 3.63) is 48.6 Å². The van der Waals surface area contributed by atoms with Gasteiger partial charge in [0.15, 0.2) is 0 Å². The van der Waals surface area contributed by atoms with Crippen molar-refractivity contribution in [1.82, 2.24) is 5.32 Å². The molecule has 0 aromatic heterocycles. The summed E-state index contributed by atoms with van der Waals surface area (Å²) in [5.41, 5.74) is 0. The number of unbranched alkanes of at least 4 members (excludes halogenated alkanes) is 16. The number of aliphatic hydroxyl groups is 3. The van der Waals surface area contributed by atoms with E-state index < -0.39 is 24.2 Å². The van der Waals surface area contributed by atoms with Gasteiger partial charge in [0, 0.05) is 0 Å². The first kappa shape index (κ1) is 39.3. The molecule has 0 radical (unpaired) electrons. The molecule has 5 heteroatoms. The molecule has 0 saturated carbocycles. The fraction of sp³-hybridized carbons (Fsp3) is 0.750. The summed E-state index contributed by atoms with van der Waals surface area (Å²) in [7, 11) is 0. The average Bonchev–Trinajstić information content (AvgIpc) is 2.98. The average molecular weight is 576 g/mol. The number of nitrogens with one attached hydrogen (secondary N) is 1. The van der Waals surface area contributed by atoms with Gasteiger partial charge in [0.05, 0.1) is 18.8 Å². The van der Waals surface area contributed by atoms with Crippen LogP contribution in [-0.2, 0) is 4.79 Å². The summed E-state index contributed by atoms with van der Waals surface area (Å²) in [6.07, 6.45) is 38.4. The minimum absolute atomic E-state index is 0.380. The molecule has 0 aliphatic heterocycles. The van der Waals surface area contributed by atoms with E-state index in [1.807, 2.05) is 6.08 Å². The Bertz CT molecular complexity index is 685. The molecule has 0 aromatic carbocycles. The number of aliphatic hydroxyl groups excluding tert-OH is 3. The first-order valence-corrected chi connectivity index (χ1v) is 17.0. The summed E-state index contributed by atoms with van der Waals surface area (Å²) in [5.74, 6) is -0.524. The normalized spacial score (nSPS) is 14.6. The van der Waals surface area contributed by atoms with Gasteiger partial charge >= 0.3 is 0 Å². The zero-order valence-corrected chi connectivity index (χ0v) is 26.7. The van der Waals surface area contributed by atoms with Crippen molar-refractivity contribution in [3.8, 4) is 0 Å². The van der Waals surface area contributed by atoms with Crippen molar-refractivity contribution in [3.63, 3.8) is 0 Å². The van der Waals surface area contributed by atoms with E-state index in [1.54, 1.807) is 6.08 Å². The summed E-state index contributed by atoms with van der Waals surface area (Å²) in [5, 5.41) is 32.7. The van der Waals surface area contributed by atoms with Crippen LogP contribution >= 0.6 is 0 Å². The van der Waals surface area contributed by atoms with Crippen LogP contribution in [0.25, 0.3) is 0 Å². The minimum Gasteiger partial charge on any atom is -0.394 e. The van der Waals surface area contributed by atoms with E-state index in [2.05, 4.69) is 55.6 Å². The molecule has 0 heterocycles.